The Kier molecular flexibility index (Phi) is 3.01. The topological polar surface area (TPSA) is 64.3 Å². The molecule has 0 saturated heterocycles. The van der Waals surface area contributed by atoms with Crippen molar-refractivity contribution < 1.29 is 14.6 Å². The van der Waals surface area contributed by atoms with Crippen LogP contribution >= 0.6 is 11.6 Å². The Morgan fingerprint density at radius 2 is 2.18 bits per heavy atom. The number of carbonyl (C=O) groups excluding carboxylic acids is 1. The highest BCUT2D eigenvalue weighted by molar-refractivity contribution is 6.32. The maximum absolute atomic E-state index is 10.8. The van der Waals surface area contributed by atoms with E-state index in [1.54, 1.807) is 24.3 Å². The summed E-state index contributed by atoms with van der Waals surface area (Å²) >= 11 is 5.97. The minimum atomic E-state index is -0.506. The molecule has 0 aliphatic rings. The minimum absolute atomic E-state index is 0.0231. The Labute approximate surface area is 102 Å². The molecular weight excluding hydrogens is 244 g/mol. The van der Waals surface area contributed by atoms with E-state index in [9.17, 15) is 9.90 Å². The number of ether oxygens (including phenoxy) is 1. The van der Waals surface area contributed by atoms with Gasteiger partial charge >= 0.3 is 5.97 Å². The van der Waals surface area contributed by atoms with Gasteiger partial charge in [0.25, 0.3) is 0 Å². The van der Waals surface area contributed by atoms with Gasteiger partial charge in [-0.1, -0.05) is 23.7 Å². The first-order chi connectivity index (χ1) is 8.08. The summed E-state index contributed by atoms with van der Waals surface area (Å²) in [6.45, 7) is 1.26. The number of rotatable bonds is 2. The summed E-state index contributed by atoms with van der Waals surface area (Å²) in [7, 11) is 0. The van der Waals surface area contributed by atoms with Crippen LogP contribution in [0.3, 0.4) is 0 Å². The number of carbonyl (C=O) groups is 1. The second kappa shape index (κ2) is 4.47. The number of hydrogen-bond donors (Lipinski definition) is 1. The number of benzene rings is 1. The molecule has 0 aliphatic heterocycles. The number of nitrogens with zero attached hydrogens (tertiary/aromatic N) is 2. The molecule has 1 N–H and O–H groups in total. The van der Waals surface area contributed by atoms with Gasteiger partial charge in [0, 0.05) is 6.92 Å². The third-order valence-electron chi connectivity index (χ3n) is 2.00. The fourth-order valence-electron chi connectivity index (χ4n) is 1.35. The van der Waals surface area contributed by atoms with Crippen LogP contribution in [0.15, 0.2) is 30.3 Å². The molecular formula is C11H9ClN2O3. The predicted octanol–water partition coefficient (Wildman–Crippen LogP) is 2.16. The number of aromatic hydroxyl groups is 1. The van der Waals surface area contributed by atoms with Crippen molar-refractivity contribution >= 4 is 17.6 Å². The van der Waals surface area contributed by atoms with Crippen LogP contribution in [0, 0.1) is 0 Å². The van der Waals surface area contributed by atoms with Crippen LogP contribution < -0.4 is 4.74 Å². The zero-order chi connectivity index (χ0) is 12.4. The van der Waals surface area contributed by atoms with Gasteiger partial charge in [-0.05, 0) is 12.1 Å². The van der Waals surface area contributed by atoms with Crippen molar-refractivity contribution in [3.05, 3.63) is 35.4 Å². The monoisotopic (exact) mass is 252 g/mol. The number of hydrogen-bond acceptors (Lipinski definition) is 4. The molecule has 1 heterocycles. The number of esters is 1. The van der Waals surface area contributed by atoms with Crippen molar-refractivity contribution in [3.8, 4) is 17.4 Å². The Morgan fingerprint density at radius 3 is 2.82 bits per heavy atom. The molecule has 5 nitrogen and oxygen atoms in total. The van der Waals surface area contributed by atoms with E-state index in [2.05, 4.69) is 5.10 Å². The molecule has 2 rings (SSSR count). The van der Waals surface area contributed by atoms with Crippen LogP contribution in [0.2, 0.25) is 5.02 Å². The molecule has 6 heteroatoms. The Bertz CT molecular complexity index is 566. The second-order valence-corrected chi connectivity index (χ2v) is 3.70. The van der Waals surface area contributed by atoms with Gasteiger partial charge in [0.2, 0.25) is 11.8 Å². The third-order valence-corrected chi connectivity index (χ3v) is 2.32. The van der Waals surface area contributed by atoms with Gasteiger partial charge in [-0.25, -0.2) is 0 Å². The van der Waals surface area contributed by atoms with Crippen LogP contribution in [-0.4, -0.2) is 20.9 Å². The summed E-state index contributed by atoms with van der Waals surface area (Å²) in [5.74, 6) is -0.641. The summed E-state index contributed by atoms with van der Waals surface area (Å²) in [5.41, 5.74) is 0.505. The Hall–Kier alpha value is -2.01. The summed E-state index contributed by atoms with van der Waals surface area (Å²) < 4.78 is 5.96. The van der Waals surface area contributed by atoms with E-state index in [-0.39, 0.29) is 11.8 Å². The molecule has 0 fully saturated rings. The van der Waals surface area contributed by atoms with Gasteiger partial charge in [0.1, 0.15) is 0 Å². The lowest BCUT2D eigenvalue weighted by Crippen LogP contribution is -2.03. The third kappa shape index (κ3) is 2.39. The fourth-order valence-corrected chi connectivity index (χ4v) is 1.56. The van der Waals surface area contributed by atoms with Gasteiger partial charge < -0.3 is 9.84 Å². The molecule has 0 spiro atoms. The molecule has 0 atom stereocenters. The first-order valence-corrected chi connectivity index (χ1v) is 5.18. The number of aromatic nitrogens is 2. The fraction of sp³-hybridized carbons (Fsp3) is 0.0909. The molecule has 1 aromatic carbocycles. The quantitative estimate of drug-likeness (QED) is 0.832. The molecule has 0 aliphatic carbocycles. The van der Waals surface area contributed by atoms with Crippen LogP contribution in [-0.2, 0) is 4.79 Å². The van der Waals surface area contributed by atoms with E-state index in [4.69, 9.17) is 16.3 Å². The number of halogens is 1. The van der Waals surface area contributed by atoms with E-state index >= 15 is 0 Å². The normalized spacial score (nSPS) is 10.2. The highest BCUT2D eigenvalue weighted by atomic mass is 35.5. The van der Waals surface area contributed by atoms with Crippen LogP contribution in [0.25, 0.3) is 5.69 Å². The first-order valence-electron chi connectivity index (χ1n) is 4.80. The lowest BCUT2D eigenvalue weighted by molar-refractivity contribution is -0.132. The second-order valence-electron chi connectivity index (χ2n) is 3.30. The van der Waals surface area contributed by atoms with Crippen molar-refractivity contribution in [1.82, 2.24) is 9.78 Å². The van der Waals surface area contributed by atoms with E-state index in [1.165, 1.54) is 17.7 Å². The van der Waals surface area contributed by atoms with Crippen LogP contribution in [0.4, 0.5) is 0 Å². The zero-order valence-electron chi connectivity index (χ0n) is 8.92. The zero-order valence-corrected chi connectivity index (χ0v) is 9.68. The van der Waals surface area contributed by atoms with Gasteiger partial charge in [-0.2, -0.15) is 4.68 Å². The van der Waals surface area contributed by atoms with Gasteiger partial charge in [0.15, 0.2) is 0 Å². The van der Waals surface area contributed by atoms with E-state index < -0.39 is 5.97 Å². The molecule has 0 saturated carbocycles. The lowest BCUT2D eigenvalue weighted by atomic mass is 10.3. The van der Waals surface area contributed by atoms with Gasteiger partial charge in [-0.15, -0.1) is 5.10 Å². The van der Waals surface area contributed by atoms with Crippen molar-refractivity contribution in [1.29, 1.82) is 0 Å². The standard InChI is InChI=1S/C11H9ClN2O3/c1-7(15)17-10-6-11(16)14(13-10)9-5-3-2-4-8(9)12/h2-6,16H,1H3. The maximum atomic E-state index is 10.8. The molecule has 2 aromatic rings. The van der Waals surface area contributed by atoms with Crippen molar-refractivity contribution in [2.45, 2.75) is 6.92 Å². The number of para-hydroxylation sites is 1. The SMILES string of the molecule is CC(=O)Oc1cc(O)n(-c2ccccc2Cl)n1. The Balaban J connectivity index is 2.43. The highest BCUT2D eigenvalue weighted by Gasteiger charge is 2.12. The summed E-state index contributed by atoms with van der Waals surface area (Å²) in [6, 6.07) is 8.12. The van der Waals surface area contributed by atoms with Crippen molar-refractivity contribution in [3.63, 3.8) is 0 Å². The molecule has 0 amide bonds. The van der Waals surface area contributed by atoms with E-state index in [0.29, 0.717) is 10.7 Å². The van der Waals surface area contributed by atoms with E-state index in [1.807, 2.05) is 0 Å². The highest BCUT2D eigenvalue weighted by Crippen LogP contribution is 2.26. The van der Waals surface area contributed by atoms with Crippen molar-refractivity contribution in [2.75, 3.05) is 0 Å². The summed E-state index contributed by atoms with van der Waals surface area (Å²) in [5, 5.41) is 14.0. The van der Waals surface area contributed by atoms with E-state index in [0.717, 1.165) is 0 Å². The molecule has 0 bridgehead atoms. The summed E-state index contributed by atoms with van der Waals surface area (Å²) in [6.07, 6.45) is 0. The predicted molar refractivity (Wildman–Crippen MR) is 61.5 cm³/mol. The molecule has 1 aromatic heterocycles. The average Bonchev–Trinajstić information content (AvgIpc) is 2.59. The lowest BCUT2D eigenvalue weighted by Gasteiger charge is -2.04. The Morgan fingerprint density at radius 1 is 1.47 bits per heavy atom. The molecule has 88 valence electrons. The van der Waals surface area contributed by atoms with Crippen LogP contribution in [0.5, 0.6) is 11.8 Å². The average molecular weight is 253 g/mol. The summed E-state index contributed by atoms with van der Waals surface area (Å²) in [4.78, 5) is 10.8. The largest absolute Gasteiger partial charge is 0.493 e. The molecule has 0 radical (unpaired) electrons. The molecule has 0 unspecified atom stereocenters. The van der Waals surface area contributed by atoms with Crippen molar-refractivity contribution in [2.24, 2.45) is 0 Å². The smallest absolute Gasteiger partial charge is 0.309 e. The minimum Gasteiger partial charge on any atom is -0.493 e. The first kappa shape index (κ1) is 11.5. The maximum Gasteiger partial charge on any atom is 0.309 e. The van der Waals surface area contributed by atoms with Crippen LogP contribution in [0.1, 0.15) is 6.92 Å². The van der Waals surface area contributed by atoms with Gasteiger partial charge in [-0.3, -0.25) is 4.79 Å². The van der Waals surface area contributed by atoms with Gasteiger partial charge in [0.05, 0.1) is 16.8 Å². The molecule has 17 heavy (non-hydrogen) atoms.